The Morgan fingerprint density at radius 1 is 1.18 bits per heavy atom. The summed E-state index contributed by atoms with van der Waals surface area (Å²) in [4.78, 5) is 11.3. The fourth-order valence-corrected chi connectivity index (χ4v) is 7.16. The Balaban J connectivity index is 1.18. The lowest BCUT2D eigenvalue weighted by Gasteiger charge is -2.29. The third kappa shape index (κ3) is 6.19. The lowest BCUT2D eigenvalue weighted by atomic mass is 10.0. The van der Waals surface area contributed by atoms with E-state index in [0.29, 0.717) is 43.6 Å². The van der Waals surface area contributed by atoms with Crippen LogP contribution in [0, 0.1) is 0 Å². The van der Waals surface area contributed by atoms with Gasteiger partial charge in [-0.1, -0.05) is 42.5 Å². The molecule has 10 nitrogen and oxygen atoms in total. The lowest BCUT2D eigenvalue weighted by molar-refractivity contribution is 0.168. The quantitative estimate of drug-likeness (QED) is 0.365. The molecule has 38 heavy (non-hydrogen) atoms. The van der Waals surface area contributed by atoms with E-state index in [9.17, 15) is 8.42 Å². The van der Waals surface area contributed by atoms with E-state index in [4.69, 9.17) is 14.4 Å². The van der Waals surface area contributed by atoms with Crippen molar-refractivity contribution in [3.05, 3.63) is 35.7 Å². The van der Waals surface area contributed by atoms with Gasteiger partial charge in [0.05, 0.1) is 16.0 Å². The van der Waals surface area contributed by atoms with Crippen LogP contribution in [0.1, 0.15) is 63.3 Å². The predicted molar refractivity (Wildman–Crippen MR) is 148 cm³/mol. The Hall–Kier alpha value is -2.54. The Bertz CT molecular complexity index is 1380. The second-order valence-electron chi connectivity index (χ2n) is 10.1. The Morgan fingerprint density at radius 2 is 2.00 bits per heavy atom. The molecular formula is C26H35N5O5S2. The second-order valence-corrected chi connectivity index (χ2v) is 13.2. The number of aromatic nitrogens is 3. The monoisotopic (exact) mass is 561 g/mol. The summed E-state index contributed by atoms with van der Waals surface area (Å²) in [7, 11) is -3.29. The summed E-state index contributed by atoms with van der Waals surface area (Å²) >= 11 is 1.55. The first-order chi connectivity index (χ1) is 18.3. The van der Waals surface area contributed by atoms with Gasteiger partial charge in [-0.15, -0.1) is 0 Å². The highest BCUT2D eigenvalue weighted by molar-refractivity contribution is 7.89. The van der Waals surface area contributed by atoms with E-state index in [1.54, 1.807) is 11.3 Å². The number of hydrogen-bond donors (Lipinski definition) is 1. The number of rotatable bonds is 10. The minimum atomic E-state index is -3.29. The molecule has 1 fully saturated rings. The van der Waals surface area contributed by atoms with Gasteiger partial charge in [-0.05, 0) is 42.5 Å². The van der Waals surface area contributed by atoms with Gasteiger partial charge in [-0.25, -0.2) is 13.4 Å². The zero-order chi connectivity index (χ0) is 26.7. The van der Waals surface area contributed by atoms with Crippen molar-refractivity contribution in [2.75, 3.05) is 43.4 Å². The fraction of sp³-hybridized carbons (Fsp3) is 0.577. The first kappa shape index (κ1) is 27.0. The van der Waals surface area contributed by atoms with Crippen LogP contribution in [0.25, 0.3) is 15.8 Å². The Kier molecular flexibility index (Phi) is 8.32. The molecule has 2 aliphatic rings. The highest BCUT2D eigenvalue weighted by atomic mass is 32.2. The predicted octanol–water partition coefficient (Wildman–Crippen LogP) is 4.04. The van der Waals surface area contributed by atoms with Gasteiger partial charge in [0.1, 0.15) is 6.10 Å². The summed E-state index contributed by atoms with van der Waals surface area (Å²) in [6.45, 7) is 6.56. The maximum Gasteiger partial charge on any atom is 0.324 e. The lowest BCUT2D eigenvalue weighted by Crippen LogP contribution is -2.38. The minimum absolute atomic E-state index is 0.0202. The fourth-order valence-electron chi connectivity index (χ4n) is 4.74. The molecule has 0 spiro atoms. The van der Waals surface area contributed by atoms with E-state index in [2.05, 4.69) is 32.2 Å². The normalized spacial score (nSPS) is 17.9. The molecule has 0 bridgehead atoms. The van der Waals surface area contributed by atoms with Crippen LogP contribution in [0.5, 0.6) is 5.19 Å². The molecular weight excluding hydrogens is 526 g/mol. The van der Waals surface area contributed by atoms with Crippen LogP contribution in [-0.4, -0.2) is 77.6 Å². The van der Waals surface area contributed by atoms with Gasteiger partial charge >= 0.3 is 6.01 Å². The molecule has 0 aliphatic carbocycles. The summed E-state index contributed by atoms with van der Waals surface area (Å²) in [5.41, 5.74) is 3.15. The number of benzene rings is 1. The average molecular weight is 562 g/mol. The topological polar surface area (TPSA) is 122 Å². The van der Waals surface area contributed by atoms with Gasteiger partial charge in [0.25, 0.3) is 5.19 Å². The van der Waals surface area contributed by atoms with Crippen LogP contribution in [0.2, 0.25) is 0 Å². The van der Waals surface area contributed by atoms with Crippen molar-refractivity contribution in [2.24, 2.45) is 0 Å². The maximum absolute atomic E-state index is 12.5. The van der Waals surface area contributed by atoms with Crippen LogP contribution in [0.3, 0.4) is 0 Å². The number of sulfonamides is 1. The van der Waals surface area contributed by atoms with Gasteiger partial charge in [-0.3, -0.25) is 0 Å². The highest BCUT2D eigenvalue weighted by Gasteiger charge is 2.26. The molecule has 2 aromatic heterocycles. The summed E-state index contributed by atoms with van der Waals surface area (Å²) in [6, 6.07) is 6.77. The van der Waals surface area contributed by atoms with Crippen LogP contribution in [0.4, 0.5) is 6.01 Å². The maximum atomic E-state index is 12.5. The Morgan fingerprint density at radius 3 is 2.68 bits per heavy atom. The molecule has 1 N–H and O–H groups in total. The highest BCUT2D eigenvalue weighted by Crippen LogP contribution is 2.34. The smallest absolute Gasteiger partial charge is 0.324 e. The third-order valence-corrected chi connectivity index (χ3v) is 9.87. The molecule has 206 valence electrons. The SMILES string of the molecule is CC(C)c1noc(N2CCC(Oc3nc4ccc(C5=CCN(S(=O)(=O)CCCCO)CC5)cc4s3)CC2)n1. The number of aliphatic hydroxyl groups excluding tert-OH is 1. The van der Waals surface area contributed by atoms with Crippen molar-refractivity contribution >= 4 is 43.2 Å². The third-order valence-electron chi connectivity index (χ3n) is 7.04. The zero-order valence-electron chi connectivity index (χ0n) is 21.9. The molecule has 12 heteroatoms. The standard InChI is InChI=1S/C26H35N5O5S2/c1-18(2)24-28-25(36-29-24)30-11-9-21(10-12-30)35-26-27-22-6-5-20(17-23(22)37-26)19-7-13-31(14-8-19)38(33,34)16-4-3-15-32/h5-7,17-18,21,32H,3-4,8-16H2,1-2H3. The van der Waals surface area contributed by atoms with E-state index < -0.39 is 10.0 Å². The molecule has 0 unspecified atom stereocenters. The number of aliphatic hydroxyl groups is 1. The summed E-state index contributed by atoms with van der Waals surface area (Å²) in [5, 5.41) is 13.7. The van der Waals surface area contributed by atoms with Crippen LogP contribution in [0.15, 0.2) is 28.8 Å². The van der Waals surface area contributed by atoms with Gasteiger partial charge in [0, 0.05) is 51.5 Å². The van der Waals surface area contributed by atoms with Gasteiger partial charge in [0.15, 0.2) is 5.82 Å². The number of fused-ring (bicyclic) bond motifs is 1. The number of thiazole rings is 1. The molecule has 4 heterocycles. The molecule has 1 aromatic carbocycles. The van der Waals surface area contributed by atoms with Crippen molar-refractivity contribution in [3.8, 4) is 5.19 Å². The van der Waals surface area contributed by atoms with Crippen molar-refractivity contribution < 1.29 is 22.8 Å². The molecule has 0 atom stereocenters. The van der Waals surface area contributed by atoms with Crippen LogP contribution < -0.4 is 9.64 Å². The number of unbranched alkanes of at least 4 members (excludes halogenated alkanes) is 1. The molecule has 0 amide bonds. The van der Waals surface area contributed by atoms with E-state index in [-0.39, 0.29) is 24.4 Å². The number of piperidine rings is 1. The van der Waals surface area contributed by atoms with Crippen molar-refractivity contribution in [2.45, 2.75) is 58.0 Å². The van der Waals surface area contributed by atoms with Gasteiger partial charge in [0.2, 0.25) is 10.0 Å². The largest absolute Gasteiger partial charge is 0.467 e. The summed E-state index contributed by atoms with van der Waals surface area (Å²) < 4.78 is 39.4. The minimum Gasteiger partial charge on any atom is -0.467 e. The van der Waals surface area contributed by atoms with Crippen molar-refractivity contribution in [3.63, 3.8) is 0 Å². The Labute approximate surface area is 227 Å². The van der Waals surface area contributed by atoms with Gasteiger partial charge in [-0.2, -0.15) is 9.29 Å². The van der Waals surface area contributed by atoms with E-state index in [0.717, 1.165) is 53.1 Å². The van der Waals surface area contributed by atoms with E-state index >= 15 is 0 Å². The number of nitrogens with zero attached hydrogens (tertiary/aromatic N) is 5. The van der Waals surface area contributed by atoms with E-state index in [1.165, 1.54) is 4.31 Å². The molecule has 1 saturated heterocycles. The number of hydrogen-bond acceptors (Lipinski definition) is 10. The van der Waals surface area contributed by atoms with Crippen molar-refractivity contribution in [1.29, 1.82) is 0 Å². The first-order valence-corrected chi connectivity index (χ1v) is 15.7. The van der Waals surface area contributed by atoms with E-state index in [1.807, 2.05) is 26.0 Å². The zero-order valence-corrected chi connectivity index (χ0v) is 23.5. The summed E-state index contributed by atoms with van der Waals surface area (Å²) in [6.07, 6.45) is 5.46. The molecule has 0 radical (unpaired) electrons. The van der Waals surface area contributed by atoms with Crippen LogP contribution in [-0.2, 0) is 10.0 Å². The molecule has 3 aromatic rings. The number of ether oxygens (including phenoxy) is 1. The van der Waals surface area contributed by atoms with Crippen molar-refractivity contribution in [1.82, 2.24) is 19.4 Å². The number of anilines is 1. The molecule has 5 rings (SSSR count). The second kappa shape index (κ2) is 11.7. The van der Waals surface area contributed by atoms with Gasteiger partial charge < -0.3 is 19.3 Å². The summed E-state index contributed by atoms with van der Waals surface area (Å²) in [5.74, 6) is 1.05. The molecule has 0 saturated carbocycles. The molecule has 2 aliphatic heterocycles. The van der Waals surface area contributed by atoms with Crippen LogP contribution >= 0.6 is 11.3 Å². The first-order valence-electron chi connectivity index (χ1n) is 13.3. The average Bonchev–Trinajstić information content (AvgIpc) is 3.56.